The first-order chi connectivity index (χ1) is 8.04. The number of carbonyl (C=O) groups is 2. The average Bonchev–Trinajstić information content (AvgIpc) is 2.73. The number of amides is 1. The lowest BCUT2D eigenvalue weighted by Crippen LogP contribution is -2.17. The van der Waals surface area contributed by atoms with E-state index in [2.05, 4.69) is 10.1 Å². The number of hydrogen-bond donors (Lipinski definition) is 1. The average molecular weight is 257 g/mol. The summed E-state index contributed by atoms with van der Waals surface area (Å²) in [5, 5.41) is 4.21. The molecule has 1 heterocycles. The summed E-state index contributed by atoms with van der Waals surface area (Å²) in [5.74, 6) is -0.206. The molecule has 1 amide bonds. The number of ether oxygens (including phenoxy) is 2. The largest absolute Gasteiger partial charge is 0.465 e. The maximum absolute atomic E-state index is 11.4. The summed E-state index contributed by atoms with van der Waals surface area (Å²) >= 11 is 1.20. The second-order valence-corrected chi connectivity index (χ2v) is 4.69. The number of hydrogen-bond acceptors (Lipinski definition) is 5. The van der Waals surface area contributed by atoms with Gasteiger partial charge in [-0.15, -0.1) is 11.3 Å². The van der Waals surface area contributed by atoms with Crippen molar-refractivity contribution in [3.05, 3.63) is 16.3 Å². The van der Waals surface area contributed by atoms with Gasteiger partial charge in [-0.2, -0.15) is 0 Å². The van der Waals surface area contributed by atoms with Crippen LogP contribution in [0.4, 0.5) is 10.5 Å². The van der Waals surface area contributed by atoms with Crippen molar-refractivity contribution in [2.24, 2.45) is 5.92 Å². The molecule has 94 valence electrons. The number of carbonyl (C=O) groups excluding carboxylic acids is 2. The van der Waals surface area contributed by atoms with E-state index in [1.54, 1.807) is 11.4 Å². The van der Waals surface area contributed by atoms with Gasteiger partial charge in [-0.1, -0.05) is 13.8 Å². The van der Waals surface area contributed by atoms with Gasteiger partial charge in [0.1, 0.15) is 4.88 Å². The molecule has 17 heavy (non-hydrogen) atoms. The van der Waals surface area contributed by atoms with E-state index in [-0.39, 0.29) is 5.92 Å². The number of anilines is 1. The van der Waals surface area contributed by atoms with Crippen molar-refractivity contribution in [1.29, 1.82) is 0 Å². The van der Waals surface area contributed by atoms with Crippen molar-refractivity contribution in [3.8, 4) is 0 Å². The van der Waals surface area contributed by atoms with Crippen molar-refractivity contribution in [3.63, 3.8) is 0 Å². The van der Waals surface area contributed by atoms with E-state index in [1.165, 1.54) is 18.4 Å². The first-order valence-electron chi connectivity index (χ1n) is 5.14. The Bertz CT molecular complexity index is 400. The van der Waals surface area contributed by atoms with Crippen LogP contribution in [-0.2, 0) is 9.47 Å². The summed E-state index contributed by atoms with van der Waals surface area (Å²) in [6, 6.07) is 1.63. The van der Waals surface area contributed by atoms with Crippen LogP contribution in [0.1, 0.15) is 23.5 Å². The molecule has 1 aromatic rings. The normalized spacial score (nSPS) is 10.1. The number of esters is 1. The third kappa shape index (κ3) is 4.07. The van der Waals surface area contributed by atoms with Gasteiger partial charge in [0.2, 0.25) is 0 Å². The van der Waals surface area contributed by atoms with Crippen LogP contribution in [0.3, 0.4) is 0 Å². The third-order valence-electron chi connectivity index (χ3n) is 1.82. The molecule has 0 saturated heterocycles. The lowest BCUT2D eigenvalue weighted by atomic mass is 10.2. The second kappa shape index (κ2) is 6.24. The van der Waals surface area contributed by atoms with Crippen LogP contribution in [0.15, 0.2) is 11.4 Å². The van der Waals surface area contributed by atoms with Crippen LogP contribution >= 0.6 is 11.3 Å². The Morgan fingerprint density at radius 2 is 2.18 bits per heavy atom. The molecule has 0 fully saturated rings. The van der Waals surface area contributed by atoms with E-state index in [0.29, 0.717) is 17.2 Å². The third-order valence-corrected chi connectivity index (χ3v) is 2.71. The molecule has 0 spiro atoms. The monoisotopic (exact) mass is 257 g/mol. The fourth-order valence-corrected chi connectivity index (χ4v) is 1.81. The Hall–Kier alpha value is -1.56. The predicted molar refractivity (Wildman–Crippen MR) is 65.5 cm³/mol. The van der Waals surface area contributed by atoms with E-state index in [1.807, 2.05) is 13.8 Å². The van der Waals surface area contributed by atoms with Gasteiger partial charge in [0.15, 0.2) is 0 Å². The summed E-state index contributed by atoms with van der Waals surface area (Å²) in [5.41, 5.74) is 0.413. The molecule has 0 unspecified atom stereocenters. The molecule has 0 bridgehead atoms. The molecule has 1 rings (SSSR count). The summed E-state index contributed by atoms with van der Waals surface area (Å²) in [7, 11) is 1.29. The highest BCUT2D eigenvalue weighted by atomic mass is 32.1. The van der Waals surface area contributed by atoms with Crippen molar-refractivity contribution in [2.45, 2.75) is 13.8 Å². The molecule has 1 aromatic heterocycles. The Balaban J connectivity index is 2.59. The molecule has 0 aromatic carbocycles. The SMILES string of the molecule is COC(=O)c1sccc1NC(=O)OCC(C)C. The maximum atomic E-state index is 11.4. The van der Waals surface area contributed by atoms with Crippen LogP contribution in [-0.4, -0.2) is 25.8 Å². The molecule has 5 nitrogen and oxygen atoms in total. The van der Waals surface area contributed by atoms with Crippen molar-refractivity contribution in [1.82, 2.24) is 0 Å². The molecular weight excluding hydrogens is 242 g/mol. The van der Waals surface area contributed by atoms with Crippen LogP contribution in [0.5, 0.6) is 0 Å². The van der Waals surface area contributed by atoms with Gasteiger partial charge in [0, 0.05) is 0 Å². The summed E-state index contributed by atoms with van der Waals surface area (Å²) in [6.07, 6.45) is -0.567. The van der Waals surface area contributed by atoms with Crippen LogP contribution in [0.25, 0.3) is 0 Å². The van der Waals surface area contributed by atoms with E-state index in [4.69, 9.17) is 4.74 Å². The Labute approximate surface area is 104 Å². The smallest absolute Gasteiger partial charge is 0.411 e. The molecule has 0 aliphatic carbocycles. The van der Waals surface area contributed by atoms with Gasteiger partial charge in [-0.3, -0.25) is 5.32 Å². The second-order valence-electron chi connectivity index (χ2n) is 3.77. The van der Waals surface area contributed by atoms with Crippen molar-refractivity contribution in [2.75, 3.05) is 19.0 Å². The Morgan fingerprint density at radius 1 is 1.47 bits per heavy atom. The topological polar surface area (TPSA) is 64.6 Å². The molecule has 1 N–H and O–H groups in total. The highest BCUT2D eigenvalue weighted by Gasteiger charge is 2.16. The van der Waals surface area contributed by atoms with Gasteiger partial charge < -0.3 is 9.47 Å². The molecule has 0 aliphatic rings. The number of nitrogens with one attached hydrogen (secondary N) is 1. The zero-order valence-electron chi connectivity index (χ0n) is 9.98. The lowest BCUT2D eigenvalue weighted by Gasteiger charge is -2.08. The molecule has 6 heteroatoms. The lowest BCUT2D eigenvalue weighted by molar-refractivity contribution is 0.0607. The summed E-state index contributed by atoms with van der Waals surface area (Å²) in [4.78, 5) is 23.1. The highest BCUT2D eigenvalue weighted by Crippen LogP contribution is 2.23. The van der Waals surface area contributed by atoms with Gasteiger partial charge in [0.25, 0.3) is 0 Å². The number of methoxy groups -OCH3 is 1. The van der Waals surface area contributed by atoms with E-state index in [9.17, 15) is 9.59 Å². The molecular formula is C11H15NO4S. The fourth-order valence-electron chi connectivity index (χ4n) is 1.05. The standard InChI is InChI=1S/C11H15NO4S/c1-7(2)6-16-11(14)12-8-4-5-17-9(8)10(13)15-3/h4-5,7H,6H2,1-3H3,(H,12,14). The minimum absolute atomic E-state index is 0.267. The van der Waals surface area contributed by atoms with Crippen molar-refractivity contribution < 1.29 is 19.1 Å². The Kier molecular flexibility index (Phi) is 4.96. The van der Waals surface area contributed by atoms with E-state index in [0.717, 1.165) is 0 Å². The summed E-state index contributed by atoms with van der Waals surface area (Å²) < 4.78 is 9.54. The van der Waals surface area contributed by atoms with Crippen molar-refractivity contribution >= 4 is 29.1 Å². The fraction of sp³-hybridized carbons (Fsp3) is 0.455. The number of rotatable bonds is 4. The molecule has 0 aliphatic heterocycles. The molecule has 0 saturated carbocycles. The highest BCUT2D eigenvalue weighted by molar-refractivity contribution is 7.12. The number of thiophene rings is 1. The quantitative estimate of drug-likeness (QED) is 0.842. The van der Waals surface area contributed by atoms with Crippen LogP contribution < -0.4 is 5.32 Å². The summed E-state index contributed by atoms with van der Waals surface area (Å²) in [6.45, 7) is 4.22. The van der Waals surface area contributed by atoms with Gasteiger partial charge in [-0.25, -0.2) is 9.59 Å². The molecule has 0 atom stereocenters. The first-order valence-corrected chi connectivity index (χ1v) is 6.02. The minimum atomic E-state index is -0.567. The van der Waals surface area contributed by atoms with E-state index >= 15 is 0 Å². The molecule has 0 radical (unpaired) electrons. The van der Waals surface area contributed by atoms with Gasteiger partial charge in [-0.05, 0) is 17.4 Å². The Morgan fingerprint density at radius 3 is 2.76 bits per heavy atom. The first kappa shape index (κ1) is 13.5. The zero-order valence-corrected chi connectivity index (χ0v) is 10.8. The minimum Gasteiger partial charge on any atom is -0.465 e. The predicted octanol–water partition coefficient (Wildman–Crippen LogP) is 2.74. The van der Waals surface area contributed by atoms with Crippen LogP contribution in [0.2, 0.25) is 0 Å². The zero-order chi connectivity index (χ0) is 12.8. The van der Waals surface area contributed by atoms with Gasteiger partial charge in [0.05, 0.1) is 19.4 Å². The van der Waals surface area contributed by atoms with Gasteiger partial charge >= 0.3 is 12.1 Å². The van der Waals surface area contributed by atoms with E-state index < -0.39 is 12.1 Å². The maximum Gasteiger partial charge on any atom is 0.411 e. The van der Waals surface area contributed by atoms with Crippen LogP contribution in [0, 0.1) is 5.92 Å².